The molecule has 0 N–H and O–H groups in total. The third kappa shape index (κ3) is 3.06. The van der Waals surface area contributed by atoms with Crippen LogP contribution in [0.15, 0.2) is 11.6 Å². The third-order valence-electron chi connectivity index (χ3n) is 7.97. The van der Waals surface area contributed by atoms with Crippen LogP contribution < -0.4 is 0 Å². The Balaban J connectivity index is 1.30. The number of piperidine rings is 1. The minimum absolute atomic E-state index is 0.0133. The van der Waals surface area contributed by atoms with E-state index in [0.29, 0.717) is 19.1 Å². The van der Waals surface area contributed by atoms with Gasteiger partial charge in [0.25, 0.3) is 0 Å². The molecule has 5 aliphatic rings. The summed E-state index contributed by atoms with van der Waals surface area (Å²) in [6, 6.07) is 0. The molecular formula is C22H33NO4. The molecule has 0 aromatic rings. The SMILES string of the molecule is CC1CCCC2(C)CC3OC(=O)C(CN4CCC5(CC4)OCCO5)C3C=C12. The number of fused-ring (bicyclic) bond motifs is 2. The number of esters is 1. The van der Waals surface area contributed by atoms with Gasteiger partial charge in [-0.3, -0.25) is 4.79 Å². The van der Waals surface area contributed by atoms with Crippen LogP contribution in [-0.2, 0) is 19.0 Å². The zero-order valence-corrected chi connectivity index (χ0v) is 16.7. The summed E-state index contributed by atoms with van der Waals surface area (Å²) >= 11 is 0. The van der Waals surface area contributed by atoms with Crippen molar-refractivity contribution >= 4 is 5.97 Å². The maximum Gasteiger partial charge on any atom is 0.311 e. The molecule has 150 valence electrons. The number of allylic oxidation sites excluding steroid dienone is 1. The van der Waals surface area contributed by atoms with Gasteiger partial charge in [0, 0.05) is 38.4 Å². The van der Waals surface area contributed by atoms with Crippen LogP contribution in [0.4, 0.5) is 0 Å². The first-order valence-electron chi connectivity index (χ1n) is 10.9. The number of ether oxygens (including phenoxy) is 3. The van der Waals surface area contributed by atoms with E-state index in [4.69, 9.17) is 14.2 Å². The molecule has 0 bridgehead atoms. The number of nitrogens with zero attached hydrogens (tertiary/aromatic N) is 1. The van der Waals surface area contributed by atoms with E-state index in [1.54, 1.807) is 5.57 Å². The Morgan fingerprint density at radius 1 is 1.19 bits per heavy atom. The number of hydrogen-bond acceptors (Lipinski definition) is 5. The molecule has 27 heavy (non-hydrogen) atoms. The maximum absolute atomic E-state index is 12.7. The molecule has 1 saturated carbocycles. The van der Waals surface area contributed by atoms with Crippen molar-refractivity contribution in [3.05, 3.63) is 11.6 Å². The molecule has 3 heterocycles. The van der Waals surface area contributed by atoms with Crippen molar-refractivity contribution in [2.75, 3.05) is 32.8 Å². The van der Waals surface area contributed by atoms with E-state index in [1.165, 1.54) is 19.3 Å². The molecule has 3 aliphatic heterocycles. The standard InChI is InChI=1S/C22H33NO4/c1-15-4-3-5-21(2)13-19-16(12-18(15)21)17(20(24)27-19)14-23-8-6-22(7-9-23)25-10-11-26-22/h12,15-17,19H,3-11,13-14H2,1-2H3. The summed E-state index contributed by atoms with van der Waals surface area (Å²) in [5.41, 5.74) is 1.84. The Kier molecular flexibility index (Phi) is 4.41. The smallest absolute Gasteiger partial charge is 0.311 e. The number of carbonyl (C=O) groups excluding carboxylic acids is 1. The zero-order chi connectivity index (χ0) is 18.6. The molecule has 1 spiro atoms. The highest BCUT2D eigenvalue weighted by Gasteiger charge is 2.52. The Hall–Kier alpha value is -0.910. The highest BCUT2D eigenvalue weighted by Crippen LogP contribution is 2.54. The van der Waals surface area contributed by atoms with Crippen molar-refractivity contribution in [3.63, 3.8) is 0 Å². The molecular weight excluding hydrogens is 342 g/mol. The monoisotopic (exact) mass is 375 g/mol. The zero-order valence-electron chi connectivity index (χ0n) is 16.7. The molecule has 0 radical (unpaired) electrons. The normalized spacial score (nSPS) is 43.9. The molecule has 5 unspecified atom stereocenters. The van der Waals surface area contributed by atoms with Crippen LogP contribution in [0.1, 0.15) is 52.4 Å². The first kappa shape index (κ1) is 18.1. The molecule has 5 nitrogen and oxygen atoms in total. The van der Waals surface area contributed by atoms with Gasteiger partial charge >= 0.3 is 5.97 Å². The molecule has 5 atom stereocenters. The van der Waals surface area contributed by atoms with Crippen LogP contribution in [0, 0.1) is 23.2 Å². The quantitative estimate of drug-likeness (QED) is 0.548. The van der Waals surface area contributed by atoms with E-state index in [1.807, 2.05) is 0 Å². The Morgan fingerprint density at radius 2 is 1.93 bits per heavy atom. The van der Waals surface area contributed by atoms with Gasteiger partial charge in [0.15, 0.2) is 5.79 Å². The Morgan fingerprint density at radius 3 is 2.67 bits per heavy atom. The topological polar surface area (TPSA) is 48.0 Å². The van der Waals surface area contributed by atoms with E-state index < -0.39 is 0 Å². The fraction of sp³-hybridized carbons (Fsp3) is 0.864. The van der Waals surface area contributed by atoms with Gasteiger partial charge in [0.2, 0.25) is 0 Å². The lowest BCUT2D eigenvalue weighted by molar-refractivity contribution is -0.186. The van der Waals surface area contributed by atoms with Crippen molar-refractivity contribution in [2.24, 2.45) is 23.2 Å². The molecule has 5 rings (SSSR count). The van der Waals surface area contributed by atoms with E-state index in [9.17, 15) is 4.79 Å². The lowest BCUT2D eigenvalue weighted by atomic mass is 9.59. The van der Waals surface area contributed by atoms with Crippen LogP contribution >= 0.6 is 0 Å². The second-order valence-corrected chi connectivity index (χ2v) is 9.75. The minimum atomic E-state index is -0.346. The lowest BCUT2D eigenvalue weighted by Crippen LogP contribution is -2.47. The van der Waals surface area contributed by atoms with Crippen molar-refractivity contribution in [2.45, 2.75) is 64.3 Å². The van der Waals surface area contributed by atoms with E-state index >= 15 is 0 Å². The molecule has 0 aromatic carbocycles. The van der Waals surface area contributed by atoms with Gasteiger partial charge in [-0.2, -0.15) is 0 Å². The molecule has 0 aromatic heterocycles. The number of carbonyl (C=O) groups is 1. The van der Waals surface area contributed by atoms with Crippen molar-refractivity contribution in [3.8, 4) is 0 Å². The average molecular weight is 376 g/mol. The van der Waals surface area contributed by atoms with Crippen molar-refractivity contribution in [1.29, 1.82) is 0 Å². The Bertz CT molecular complexity index is 630. The van der Waals surface area contributed by atoms with E-state index in [0.717, 1.165) is 38.9 Å². The summed E-state index contributed by atoms with van der Waals surface area (Å²) in [6.45, 7) is 8.86. The first-order valence-corrected chi connectivity index (χ1v) is 10.9. The summed E-state index contributed by atoms with van der Waals surface area (Å²) < 4.78 is 17.6. The Labute approximate surface area is 162 Å². The third-order valence-corrected chi connectivity index (χ3v) is 7.97. The van der Waals surface area contributed by atoms with Crippen LogP contribution in [0.25, 0.3) is 0 Å². The van der Waals surface area contributed by atoms with Crippen LogP contribution in [-0.4, -0.2) is 55.6 Å². The summed E-state index contributed by atoms with van der Waals surface area (Å²) in [6.07, 6.45) is 9.18. The molecule has 3 saturated heterocycles. The second kappa shape index (κ2) is 6.57. The van der Waals surface area contributed by atoms with Crippen LogP contribution in [0.5, 0.6) is 0 Å². The number of hydrogen-bond donors (Lipinski definition) is 0. The predicted octanol–water partition coefficient (Wildman–Crippen LogP) is 3.14. The molecule has 2 aliphatic carbocycles. The van der Waals surface area contributed by atoms with E-state index in [2.05, 4.69) is 24.8 Å². The van der Waals surface area contributed by atoms with Gasteiger partial charge in [-0.1, -0.05) is 31.9 Å². The van der Waals surface area contributed by atoms with Gasteiger partial charge in [0.1, 0.15) is 6.10 Å². The van der Waals surface area contributed by atoms with Gasteiger partial charge in [-0.25, -0.2) is 0 Å². The fourth-order valence-corrected chi connectivity index (χ4v) is 6.40. The maximum atomic E-state index is 12.7. The summed E-state index contributed by atoms with van der Waals surface area (Å²) in [5.74, 6) is 0.566. The summed E-state index contributed by atoms with van der Waals surface area (Å²) in [5, 5.41) is 0. The fourth-order valence-electron chi connectivity index (χ4n) is 6.40. The molecule has 0 amide bonds. The molecule has 4 fully saturated rings. The number of likely N-dealkylation sites (tertiary alicyclic amines) is 1. The van der Waals surface area contributed by atoms with Crippen LogP contribution in [0.2, 0.25) is 0 Å². The predicted molar refractivity (Wildman–Crippen MR) is 101 cm³/mol. The second-order valence-electron chi connectivity index (χ2n) is 9.75. The highest BCUT2D eigenvalue weighted by molar-refractivity contribution is 5.76. The van der Waals surface area contributed by atoms with Gasteiger partial charge in [-0.15, -0.1) is 0 Å². The minimum Gasteiger partial charge on any atom is -0.461 e. The van der Waals surface area contributed by atoms with Gasteiger partial charge in [-0.05, 0) is 30.6 Å². The largest absolute Gasteiger partial charge is 0.461 e. The van der Waals surface area contributed by atoms with Crippen molar-refractivity contribution < 1.29 is 19.0 Å². The molecule has 5 heteroatoms. The van der Waals surface area contributed by atoms with Crippen LogP contribution in [0.3, 0.4) is 0 Å². The average Bonchev–Trinajstić information content (AvgIpc) is 3.20. The van der Waals surface area contributed by atoms with Gasteiger partial charge < -0.3 is 19.1 Å². The summed E-state index contributed by atoms with van der Waals surface area (Å²) in [4.78, 5) is 15.1. The first-order chi connectivity index (χ1) is 13.0. The summed E-state index contributed by atoms with van der Waals surface area (Å²) in [7, 11) is 0. The highest BCUT2D eigenvalue weighted by atomic mass is 16.7. The lowest BCUT2D eigenvalue weighted by Gasteiger charge is -2.46. The van der Waals surface area contributed by atoms with Crippen molar-refractivity contribution in [1.82, 2.24) is 4.90 Å². The van der Waals surface area contributed by atoms with Gasteiger partial charge in [0.05, 0.1) is 19.1 Å². The van der Waals surface area contributed by atoms with E-state index in [-0.39, 0.29) is 35.1 Å². The number of rotatable bonds is 2.